The molecule has 0 saturated heterocycles. The summed E-state index contributed by atoms with van der Waals surface area (Å²) in [6, 6.07) is -1.14. The van der Waals surface area contributed by atoms with Gasteiger partial charge in [-0.15, -0.1) is 0 Å². The molecule has 268 valence electrons. The van der Waals surface area contributed by atoms with E-state index in [1.165, 1.54) is 25.7 Å². The molecule has 1 aliphatic carbocycles. The van der Waals surface area contributed by atoms with Gasteiger partial charge in [-0.3, -0.25) is 13.8 Å². The molecule has 1 amide bonds. The molecule has 1 rings (SSSR count). The van der Waals surface area contributed by atoms with E-state index in [2.05, 4.69) is 19.2 Å². The third-order valence-electron chi connectivity index (χ3n) is 8.47. The van der Waals surface area contributed by atoms with Crippen molar-refractivity contribution < 1.29 is 59.0 Å². The summed E-state index contributed by atoms with van der Waals surface area (Å²) in [5.41, 5.74) is 0. The van der Waals surface area contributed by atoms with Crippen molar-refractivity contribution in [1.82, 2.24) is 5.32 Å². The molecular weight excluding hydrogens is 609 g/mol. The number of hydrogen-bond donors (Lipinski definition) is 9. The zero-order valence-corrected chi connectivity index (χ0v) is 28.2. The van der Waals surface area contributed by atoms with Crippen LogP contribution >= 0.6 is 7.82 Å². The van der Waals surface area contributed by atoms with Gasteiger partial charge in [0.25, 0.3) is 0 Å². The van der Waals surface area contributed by atoms with E-state index >= 15 is 0 Å². The minimum Gasteiger partial charge on any atom is -0.393 e. The number of aliphatic hydroxyl groups excluding tert-OH is 7. The van der Waals surface area contributed by atoms with Crippen LogP contribution in [0.1, 0.15) is 129 Å². The van der Waals surface area contributed by atoms with E-state index in [1.54, 1.807) is 0 Å². The van der Waals surface area contributed by atoms with Gasteiger partial charge in [0.2, 0.25) is 5.91 Å². The second-order valence-corrected chi connectivity index (χ2v) is 14.0. The molecule has 1 aliphatic rings. The Morgan fingerprint density at radius 1 is 0.689 bits per heavy atom. The first-order chi connectivity index (χ1) is 21.3. The number of aliphatic hydroxyl groups is 7. The third-order valence-corrected chi connectivity index (χ3v) is 9.46. The minimum absolute atomic E-state index is 0.219. The van der Waals surface area contributed by atoms with Gasteiger partial charge in [-0.2, -0.15) is 0 Å². The van der Waals surface area contributed by atoms with Crippen LogP contribution in [0.2, 0.25) is 0 Å². The highest BCUT2D eigenvalue weighted by molar-refractivity contribution is 7.47. The molecule has 0 radical (unpaired) electrons. The molecule has 0 aliphatic heterocycles. The molecule has 0 bridgehead atoms. The van der Waals surface area contributed by atoms with Crippen LogP contribution in [-0.4, -0.2) is 108 Å². The zero-order chi connectivity index (χ0) is 33.8. The minimum atomic E-state index is -5.09. The second kappa shape index (κ2) is 23.6. The number of hydrogen-bond acceptors (Lipinski definition) is 11. The lowest BCUT2D eigenvalue weighted by molar-refractivity contribution is -0.220. The molecule has 8 atom stereocenters. The standard InChI is InChI=1S/C31H62NO12P/c1-3-5-7-9-11-13-14-16-18-22(33)20-25(35)32-23(24(34)19-17-15-12-10-8-6-4-2)21-43-45(41,42)44-31-29(39)27(37)26(36)28(38)30(31)40/h22-24,26-31,33-34,36-40H,3-21H2,1-2H3,(H,32,35)(H,41,42). The number of carbonyl (C=O) groups excluding carboxylic acids is 1. The predicted molar refractivity (Wildman–Crippen MR) is 169 cm³/mol. The van der Waals surface area contributed by atoms with Crippen LogP contribution in [0.3, 0.4) is 0 Å². The van der Waals surface area contributed by atoms with Crippen molar-refractivity contribution in [3.63, 3.8) is 0 Å². The van der Waals surface area contributed by atoms with E-state index in [4.69, 9.17) is 9.05 Å². The van der Waals surface area contributed by atoms with Gasteiger partial charge in [0.1, 0.15) is 36.6 Å². The van der Waals surface area contributed by atoms with E-state index in [9.17, 15) is 50.0 Å². The van der Waals surface area contributed by atoms with Crippen LogP contribution in [0, 0.1) is 0 Å². The Morgan fingerprint density at radius 3 is 1.60 bits per heavy atom. The van der Waals surface area contributed by atoms with Crippen molar-refractivity contribution >= 4 is 13.7 Å². The lowest BCUT2D eigenvalue weighted by atomic mass is 9.85. The Kier molecular flexibility index (Phi) is 22.2. The summed E-state index contributed by atoms with van der Waals surface area (Å²) in [5.74, 6) is -0.568. The number of rotatable bonds is 26. The Hall–Kier alpha value is -0.700. The number of amides is 1. The first-order valence-electron chi connectivity index (χ1n) is 17.1. The van der Waals surface area contributed by atoms with E-state index in [0.29, 0.717) is 12.8 Å². The maximum atomic E-state index is 12.8. The maximum Gasteiger partial charge on any atom is 0.472 e. The SMILES string of the molecule is CCCCCCCCCCC(O)CC(=O)NC(COP(=O)(O)OC1C(O)C(O)C(O)C(O)C1O)C(O)CCCCCCCCC. The van der Waals surface area contributed by atoms with Crippen LogP contribution in [0.15, 0.2) is 0 Å². The van der Waals surface area contributed by atoms with E-state index in [1.807, 2.05) is 0 Å². The first kappa shape index (κ1) is 42.3. The summed E-state index contributed by atoms with van der Waals surface area (Å²) in [4.78, 5) is 23.1. The Balaban J connectivity index is 2.69. The fraction of sp³-hybridized carbons (Fsp3) is 0.968. The molecule has 1 fully saturated rings. The largest absolute Gasteiger partial charge is 0.472 e. The molecule has 1 saturated carbocycles. The molecular formula is C31H62NO12P. The van der Waals surface area contributed by atoms with Crippen molar-refractivity contribution in [3.8, 4) is 0 Å². The predicted octanol–water partition coefficient (Wildman–Crippen LogP) is 2.57. The van der Waals surface area contributed by atoms with Gasteiger partial charge < -0.3 is 46.0 Å². The summed E-state index contributed by atoms with van der Waals surface area (Å²) < 4.78 is 22.6. The van der Waals surface area contributed by atoms with Gasteiger partial charge in [0.05, 0.1) is 31.3 Å². The summed E-state index contributed by atoms with van der Waals surface area (Å²) in [7, 11) is -5.09. The van der Waals surface area contributed by atoms with Gasteiger partial charge >= 0.3 is 7.82 Å². The van der Waals surface area contributed by atoms with Crippen LogP contribution in [0.5, 0.6) is 0 Å². The highest BCUT2D eigenvalue weighted by Crippen LogP contribution is 2.47. The van der Waals surface area contributed by atoms with Crippen LogP contribution < -0.4 is 5.32 Å². The summed E-state index contributed by atoms with van der Waals surface area (Å²) >= 11 is 0. The quantitative estimate of drug-likeness (QED) is 0.0478. The molecule has 0 spiro atoms. The maximum absolute atomic E-state index is 12.8. The lowest BCUT2D eigenvalue weighted by Crippen LogP contribution is -2.64. The van der Waals surface area contributed by atoms with E-state index < -0.39 is 75.2 Å². The molecule has 45 heavy (non-hydrogen) atoms. The van der Waals surface area contributed by atoms with Crippen molar-refractivity contribution in [2.75, 3.05) is 6.61 Å². The Morgan fingerprint density at radius 2 is 1.11 bits per heavy atom. The summed E-state index contributed by atoms with van der Waals surface area (Å²) in [5, 5.41) is 73.6. The van der Waals surface area contributed by atoms with Crippen molar-refractivity contribution in [2.24, 2.45) is 0 Å². The topological polar surface area (TPSA) is 226 Å². The Bertz CT molecular complexity index is 807. The smallest absolute Gasteiger partial charge is 0.393 e. The lowest BCUT2D eigenvalue weighted by Gasteiger charge is -2.41. The van der Waals surface area contributed by atoms with Gasteiger partial charge in [-0.05, 0) is 12.8 Å². The molecule has 13 nitrogen and oxygen atoms in total. The van der Waals surface area contributed by atoms with Crippen molar-refractivity contribution in [1.29, 1.82) is 0 Å². The molecule has 9 N–H and O–H groups in total. The average Bonchev–Trinajstić information content (AvgIpc) is 3.00. The second-order valence-electron chi connectivity index (χ2n) is 12.6. The highest BCUT2D eigenvalue weighted by Gasteiger charge is 2.51. The number of carbonyl (C=O) groups is 1. The molecule has 0 aromatic carbocycles. The highest BCUT2D eigenvalue weighted by atomic mass is 31.2. The van der Waals surface area contributed by atoms with Crippen molar-refractivity contribution in [3.05, 3.63) is 0 Å². The number of unbranched alkanes of at least 4 members (excludes halogenated alkanes) is 13. The molecule has 14 heteroatoms. The Labute approximate surface area is 269 Å². The van der Waals surface area contributed by atoms with E-state index in [-0.39, 0.29) is 12.8 Å². The summed E-state index contributed by atoms with van der Waals surface area (Å²) in [6.07, 6.45) is 2.39. The molecule has 8 unspecified atom stereocenters. The number of phosphoric acid groups is 1. The monoisotopic (exact) mass is 671 g/mol. The summed E-state index contributed by atoms with van der Waals surface area (Å²) in [6.45, 7) is 3.62. The van der Waals surface area contributed by atoms with Crippen LogP contribution in [0.25, 0.3) is 0 Å². The van der Waals surface area contributed by atoms with Gasteiger partial charge in [-0.1, -0.05) is 110 Å². The van der Waals surface area contributed by atoms with Crippen LogP contribution in [-0.2, 0) is 18.4 Å². The molecule has 0 heterocycles. The third kappa shape index (κ3) is 17.3. The average molecular weight is 672 g/mol. The molecule has 0 aromatic rings. The van der Waals surface area contributed by atoms with Gasteiger partial charge in [-0.25, -0.2) is 4.57 Å². The number of nitrogens with one attached hydrogen (secondary N) is 1. The van der Waals surface area contributed by atoms with Gasteiger partial charge in [0.15, 0.2) is 0 Å². The zero-order valence-electron chi connectivity index (χ0n) is 27.3. The van der Waals surface area contributed by atoms with E-state index in [0.717, 1.165) is 64.2 Å². The van der Waals surface area contributed by atoms with Crippen LogP contribution in [0.4, 0.5) is 0 Å². The fourth-order valence-corrected chi connectivity index (χ4v) is 6.50. The normalized spacial score (nSPS) is 27.1. The number of phosphoric ester groups is 1. The molecule has 0 aromatic heterocycles. The first-order valence-corrected chi connectivity index (χ1v) is 18.6. The van der Waals surface area contributed by atoms with Crippen molar-refractivity contribution in [2.45, 2.75) is 184 Å². The fourth-order valence-electron chi connectivity index (χ4n) is 5.54. The van der Waals surface area contributed by atoms with Gasteiger partial charge in [0, 0.05) is 0 Å².